The number of hydrogen-bond donors (Lipinski definition) is 1. The van der Waals surface area contributed by atoms with Gasteiger partial charge in [-0.25, -0.2) is 4.98 Å². The zero-order valence-electron chi connectivity index (χ0n) is 8.73. The Labute approximate surface area is 88.1 Å². The molecule has 5 heteroatoms. The highest BCUT2D eigenvalue weighted by molar-refractivity contribution is 7.13. The van der Waals surface area contributed by atoms with E-state index >= 15 is 0 Å². The van der Waals surface area contributed by atoms with E-state index in [4.69, 9.17) is 4.74 Å². The maximum atomic E-state index is 9.30. The Balaban J connectivity index is 2.57. The summed E-state index contributed by atoms with van der Waals surface area (Å²) in [5.74, 6) is 0. The van der Waals surface area contributed by atoms with Crippen LogP contribution in [0.3, 0.4) is 0 Å². The number of rotatable bonds is 5. The molecule has 1 atom stereocenters. The second-order valence-corrected chi connectivity index (χ2v) is 3.98. The fraction of sp³-hybridized carbons (Fsp3) is 0.667. The van der Waals surface area contributed by atoms with Crippen molar-refractivity contribution in [2.24, 2.45) is 0 Å². The first-order chi connectivity index (χ1) is 6.65. The fourth-order valence-corrected chi connectivity index (χ4v) is 1.87. The van der Waals surface area contributed by atoms with Crippen LogP contribution in [0, 0.1) is 0 Å². The van der Waals surface area contributed by atoms with Crippen LogP contribution in [0.2, 0.25) is 0 Å². The van der Waals surface area contributed by atoms with Crippen molar-refractivity contribution in [1.82, 2.24) is 4.98 Å². The lowest BCUT2D eigenvalue weighted by Gasteiger charge is -2.14. The summed E-state index contributed by atoms with van der Waals surface area (Å²) in [6, 6.07) is 0. The van der Waals surface area contributed by atoms with Crippen LogP contribution in [0.4, 0.5) is 5.13 Å². The molecule has 0 aliphatic carbocycles. The second-order valence-electron chi connectivity index (χ2n) is 3.15. The van der Waals surface area contributed by atoms with E-state index < -0.39 is 6.10 Å². The summed E-state index contributed by atoms with van der Waals surface area (Å²) in [4.78, 5) is 6.32. The van der Waals surface area contributed by atoms with E-state index in [2.05, 4.69) is 4.98 Å². The molecule has 0 spiro atoms. The van der Waals surface area contributed by atoms with Crippen LogP contribution in [0.25, 0.3) is 0 Å². The fourth-order valence-electron chi connectivity index (χ4n) is 0.967. The molecule has 14 heavy (non-hydrogen) atoms. The number of aliphatic hydroxyl groups excluding tert-OH is 1. The number of thiazole rings is 1. The third-order valence-electron chi connectivity index (χ3n) is 1.90. The number of methoxy groups -OCH3 is 1. The first-order valence-corrected chi connectivity index (χ1v) is 5.36. The molecule has 0 saturated carbocycles. The van der Waals surface area contributed by atoms with Crippen molar-refractivity contribution in [2.75, 3.05) is 32.2 Å². The van der Waals surface area contributed by atoms with E-state index in [1.165, 1.54) is 11.3 Å². The second kappa shape index (κ2) is 5.29. The molecule has 1 aromatic heterocycles. The number of aliphatic hydroxyl groups is 1. The molecule has 0 amide bonds. The highest BCUT2D eigenvalue weighted by atomic mass is 32.1. The Kier molecular flexibility index (Phi) is 4.31. The summed E-state index contributed by atoms with van der Waals surface area (Å²) in [5.41, 5.74) is 0.731. The van der Waals surface area contributed by atoms with Gasteiger partial charge in [0.25, 0.3) is 0 Å². The molecule has 0 aliphatic rings. The standard InChI is InChI=1S/C9H16N2O2S/c1-7(12)8-6-14-9(10-8)11(2)4-5-13-3/h6-7,12H,4-5H2,1-3H3. The van der Waals surface area contributed by atoms with Crippen LogP contribution in [0.15, 0.2) is 5.38 Å². The monoisotopic (exact) mass is 216 g/mol. The van der Waals surface area contributed by atoms with Gasteiger partial charge >= 0.3 is 0 Å². The maximum Gasteiger partial charge on any atom is 0.185 e. The normalized spacial score (nSPS) is 12.9. The predicted molar refractivity (Wildman–Crippen MR) is 57.9 cm³/mol. The van der Waals surface area contributed by atoms with Crippen LogP contribution in [0.1, 0.15) is 18.7 Å². The van der Waals surface area contributed by atoms with Gasteiger partial charge in [-0.05, 0) is 6.92 Å². The molecule has 1 rings (SSSR count). The van der Waals surface area contributed by atoms with E-state index in [0.29, 0.717) is 6.61 Å². The molecule has 0 aromatic carbocycles. The van der Waals surface area contributed by atoms with Gasteiger partial charge in [0.1, 0.15) is 0 Å². The van der Waals surface area contributed by atoms with Gasteiger partial charge in [-0.15, -0.1) is 11.3 Å². The molecule has 0 aliphatic heterocycles. The highest BCUT2D eigenvalue weighted by Gasteiger charge is 2.09. The minimum absolute atomic E-state index is 0.490. The maximum absolute atomic E-state index is 9.30. The van der Waals surface area contributed by atoms with Gasteiger partial charge in [0, 0.05) is 26.1 Å². The summed E-state index contributed by atoms with van der Waals surface area (Å²) < 4.78 is 4.97. The number of anilines is 1. The molecule has 0 saturated heterocycles. The van der Waals surface area contributed by atoms with Gasteiger partial charge < -0.3 is 14.7 Å². The van der Waals surface area contributed by atoms with Crippen LogP contribution in [0.5, 0.6) is 0 Å². The van der Waals surface area contributed by atoms with Gasteiger partial charge in [0.15, 0.2) is 5.13 Å². The average molecular weight is 216 g/mol. The smallest absolute Gasteiger partial charge is 0.185 e. The lowest BCUT2D eigenvalue weighted by atomic mass is 10.3. The summed E-state index contributed by atoms with van der Waals surface area (Å²) >= 11 is 1.54. The van der Waals surface area contributed by atoms with E-state index in [0.717, 1.165) is 17.4 Å². The van der Waals surface area contributed by atoms with Crippen molar-refractivity contribution in [3.63, 3.8) is 0 Å². The first-order valence-electron chi connectivity index (χ1n) is 4.48. The molecular weight excluding hydrogens is 200 g/mol. The number of hydrogen-bond acceptors (Lipinski definition) is 5. The Morgan fingerprint density at radius 1 is 1.71 bits per heavy atom. The quantitative estimate of drug-likeness (QED) is 0.805. The van der Waals surface area contributed by atoms with Gasteiger partial charge in [-0.3, -0.25) is 0 Å². The summed E-state index contributed by atoms with van der Waals surface area (Å²) in [5, 5.41) is 12.1. The molecule has 80 valence electrons. The minimum atomic E-state index is -0.490. The molecule has 1 N–H and O–H groups in total. The van der Waals surface area contributed by atoms with Gasteiger partial charge in [-0.1, -0.05) is 0 Å². The molecule has 1 heterocycles. The van der Waals surface area contributed by atoms with Gasteiger partial charge in [-0.2, -0.15) is 0 Å². The molecular formula is C9H16N2O2S. The van der Waals surface area contributed by atoms with Crippen LogP contribution in [-0.4, -0.2) is 37.4 Å². The van der Waals surface area contributed by atoms with Crippen molar-refractivity contribution >= 4 is 16.5 Å². The van der Waals surface area contributed by atoms with Crippen molar-refractivity contribution in [3.8, 4) is 0 Å². The molecule has 1 unspecified atom stereocenters. The van der Waals surface area contributed by atoms with Crippen molar-refractivity contribution in [1.29, 1.82) is 0 Å². The summed E-state index contributed by atoms with van der Waals surface area (Å²) in [6.07, 6.45) is -0.490. The largest absolute Gasteiger partial charge is 0.387 e. The van der Waals surface area contributed by atoms with Crippen LogP contribution < -0.4 is 4.90 Å². The predicted octanol–water partition coefficient (Wildman–Crippen LogP) is 1.28. The van der Waals surface area contributed by atoms with Crippen molar-refractivity contribution in [3.05, 3.63) is 11.1 Å². The van der Waals surface area contributed by atoms with Crippen LogP contribution >= 0.6 is 11.3 Å². The van der Waals surface area contributed by atoms with Gasteiger partial charge in [0.05, 0.1) is 18.4 Å². The minimum Gasteiger partial charge on any atom is -0.387 e. The molecule has 0 radical (unpaired) electrons. The van der Waals surface area contributed by atoms with Crippen LogP contribution in [-0.2, 0) is 4.74 Å². The molecule has 4 nitrogen and oxygen atoms in total. The average Bonchev–Trinajstić information content (AvgIpc) is 2.62. The Morgan fingerprint density at radius 2 is 2.43 bits per heavy atom. The Hall–Kier alpha value is -0.650. The first kappa shape index (κ1) is 11.4. The summed E-state index contributed by atoms with van der Waals surface area (Å²) in [6.45, 7) is 3.21. The van der Waals surface area contributed by atoms with Crippen molar-refractivity contribution < 1.29 is 9.84 Å². The topological polar surface area (TPSA) is 45.6 Å². The Bertz CT molecular complexity index is 276. The SMILES string of the molecule is COCCN(C)c1nc(C(C)O)cs1. The van der Waals surface area contributed by atoms with Crippen molar-refractivity contribution in [2.45, 2.75) is 13.0 Å². The third-order valence-corrected chi connectivity index (χ3v) is 2.87. The lowest BCUT2D eigenvalue weighted by Crippen LogP contribution is -2.21. The third kappa shape index (κ3) is 2.94. The van der Waals surface area contributed by atoms with E-state index in [1.54, 1.807) is 14.0 Å². The number of likely N-dealkylation sites (N-methyl/N-ethyl adjacent to an activating group) is 1. The number of nitrogens with zero attached hydrogens (tertiary/aromatic N) is 2. The number of aromatic nitrogens is 1. The Morgan fingerprint density at radius 3 is 2.93 bits per heavy atom. The zero-order chi connectivity index (χ0) is 10.6. The zero-order valence-corrected chi connectivity index (χ0v) is 9.54. The molecule has 0 bridgehead atoms. The molecule has 1 aromatic rings. The summed E-state index contributed by atoms with van der Waals surface area (Å²) in [7, 11) is 3.64. The van der Waals surface area contributed by atoms with Gasteiger partial charge in [0.2, 0.25) is 0 Å². The highest BCUT2D eigenvalue weighted by Crippen LogP contribution is 2.22. The lowest BCUT2D eigenvalue weighted by molar-refractivity contribution is 0.195. The van der Waals surface area contributed by atoms with E-state index in [1.807, 2.05) is 17.3 Å². The van der Waals surface area contributed by atoms with E-state index in [-0.39, 0.29) is 0 Å². The van der Waals surface area contributed by atoms with E-state index in [9.17, 15) is 5.11 Å². The molecule has 0 fully saturated rings. The number of ether oxygens (including phenoxy) is 1.